The molecule has 200 valence electrons. The van der Waals surface area contributed by atoms with Crippen LogP contribution in [0, 0.1) is 0 Å². The molecule has 0 aliphatic carbocycles. The van der Waals surface area contributed by atoms with E-state index in [2.05, 4.69) is 20.3 Å². The molecule has 9 atom stereocenters. The summed E-state index contributed by atoms with van der Waals surface area (Å²) in [4.78, 5) is 12.7. The molecule has 0 aromatic carbocycles. The van der Waals surface area contributed by atoms with E-state index in [1.807, 2.05) is 0 Å². The third-order valence-corrected chi connectivity index (χ3v) is 6.19. The summed E-state index contributed by atoms with van der Waals surface area (Å²) >= 11 is 0. The molecular formula is C21H31N5O10. The molecule has 4 rings (SSSR count). The maximum Gasteiger partial charge on any atom is 0.187 e. The SMILES string of the molecule is CC(=CCNc1ncnc2c1ncn2[C@@H]1O[C@H](CO)[C@@H](O)[C@H]1O)CO[C@@H]1O[C@H](CO)[C@@H](O)[C@H](O)[C@H]1O. The molecule has 2 aromatic heterocycles. The van der Waals surface area contributed by atoms with E-state index in [1.54, 1.807) is 13.0 Å². The molecule has 0 unspecified atom stereocenters. The minimum Gasteiger partial charge on any atom is -0.394 e. The molecule has 0 saturated carbocycles. The summed E-state index contributed by atoms with van der Waals surface area (Å²) < 4.78 is 17.8. The lowest BCUT2D eigenvalue weighted by Crippen LogP contribution is -2.59. The Kier molecular flexibility index (Phi) is 8.46. The fourth-order valence-corrected chi connectivity index (χ4v) is 4.08. The Labute approximate surface area is 205 Å². The van der Waals surface area contributed by atoms with Crippen LogP contribution in [0.3, 0.4) is 0 Å². The monoisotopic (exact) mass is 513 g/mol. The summed E-state index contributed by atoms with van der Waals surface area (Å²) in [6, 6.07) is 0. The van der Waals surface area contributed by atoms with Crippen LogP contribution in [0.15, 0.2) is 24.3 Å². The standard InChI is InChI=1S/C21H31N5O10/c1-9(6-34-21-17(33)15(31)13(29)11(5-28)36-21)2-3-22-18-12-19(24-7-23-18)26(8-25-12)20-16(32)14(30)10(4-27)35-20/h2,7-8,10-11,13-17,20-21,27-33H,3-6H2,1H3,(H,22,23,24)/t10-,11-,13-,14-,15+,16-,17-,20-,21-/m1/s1. The van der Waals surface area contributed by atoms with Crippen molar-refractivity contribution >= 4 is 17.0 Å². The zero-order valence-corrected chi connectivity index (χ0v) is 19.4. The Balaban J connectivity index is 1.36. The highest BCUT2D eigenvalue weighted by atomic mass is 16.7. The van der Waals surface area contributed by atoms with Gasteiger partial charge in [-0.1, -0.05) is 6.08 Å². The molecule has 0 spiro atoms. The second-order valence-electron chi connectivity index (χ2n) is 8.71. The van der Waals surface area contributed by atoms with Gasteiger partial charge < -0.3 is 55.3 Å². The molecule has 2 aliphatic heterocycles. The Morgan fingerprint density at radius 2 is 1.67 bits per heavy atom. The third kappa shape index (κ3) is 5.21. The van der Waals surface area contributed by atoms with Crippen molar-refractivity contribution in [2.75, 3.05) is 31.7 Å². The summed E-state index contributed by atoms with van der Waals surface area (Å²) in [5, 5.41) is 71.7. The normalized spacial score (nSPS) is 35.4. The second-order valence-corrected chi connectivity index (χ2v) is 8.71. The number of rotatable bonds is 9. The summed E-state index contributed by atoms with van der Waals surface area (Å²) in [5.41, 5.74) is 1.51. The third-order valence-electron chi connectivity index (χ3n) is 6.19. The van der Waals surface area contributed by atoms with E-state index in [4.69, 9.17) is 14.2 Å². The van der Waals surface area contributed by atoms with E-state index in [9.17, 15) is 35.7 Å². The summed E-state index contributed by atoms with van der Waals surface area (Å²) in [7, 11) is 0. The van der Waals surface area contributed by atoms with Crippen molar-refractivity contribution in [1.82, 2.24) is 19.5 Å². The summed E-state index contributed by atoms with van der Waals surface area (Å²) in [6.45, 7) is 1.15. The van der Waals surface area contributed by atoms with Crippen LogP contribution in [0.2, 0.25) is 0 Å². The number of aliphatic hydroxyl groups is 7. The first kappa shape index (κ1) is 26.7. The van der Waals surface area contributed by atoms with E-state index < -0.39 is 68.5 Å². The van der Waals surface area contributed by atoms with E-state index in [0.29, 0.717) is 23.5 Å². The minimum atomic E-state index is -1.51. The van der Waals surface area contributed by atoms with Crippen molar-refractivity contribution in [3.8, 4) is 0 Å². The summed E-state index contributed by atoms with van der Waals surface area (Å²) in [5.74, 6) is 0.407. The number of anilines is 1. The number of hydrogen-bond acceptors (Lipinski definition) is 14. The first-order valence-electron chi connectivity index (χ1n) is 11.4. The van der Waals surface area contributed by atoms with E-state index in [0.717, 1.165) is 5.57 Å². The Hall–Kier alpha value is -2.31. The highest BCUT2D eigenvalue weighted by Crippen LogP contribution is 2.32. The first-order valence-corrected chi connectivity index (χ1v) is 11.4. The van der Waals surface area contributed by atoms with Crippen molar-refractivity contribution in [2.24, 2.45) is 0 Å². The van der Waals surface area contributed by atoms with Gasteiger partial charge >= 0.3 is 0 Å². The molecular weight excluding hydrogens is 482 g/mol. The predicted octanol–water partition coefficient (Wildman–Crippen LogP) is -3.39. The smallest absolute Gasteiger partial charge is 0.187 e. The highest BCUT2D eigenvalue weighted by Gasteiger charge is 2.45. The molecule has 2 fully saturated rings. The van der Waals surface area contributed by atoms with Crippen molar-refractivity contribution < 1.29 is 50.0 Å². The van der Waals surface area contributed by atoms with Crippen molar-refractivity contribution in [3.05, 3.63) is 24.3 Å². The number of nitrogens with one attached hydrogen (secondary N) is 1. The number of nitrogens with zero attached hydrogens (tertiary/aromatic N) is 4. The maximum absolute atomic E-state index is 10.3. The van der Waals surface area contributed by atoms with Gasteiger partial charge in [0.2, 0.25) is 0 Å². The largest absolute Gasteiger partial charge is 0.394 e. The minimum absolute atomic E-state index is 0.0451. The summed E-state index contributed by atoms with van der Waals surface area (Å²) in [6.07, 6.45) is -6.66. The first-order chi connectivity index (χ1) is 17.3. The number of ether oxygens (including phenoxy) is 3. The topological polar surface area (TPSA) is 225 Å². The van der Waals surface area contributed by atoms with Crippen LogP contribution in [0.25, 0.3) is 11.2 Å². The van der Waals surface area contributed by atoms with Crippen molar-refractivity contribution in [3.63, 3.8) is 0 Å². The lowest BCUT2D eigenvalue weighted by atomic mass is 9.99. The van der Waals surface area contributed by atoms with Crippen LogP contribution in [-0.2, 0) is 14.2 Å². The van der Waals surface area contributed by atoms with Gasteiger partial charge in [-0.3, -0.25) is 4.57 Å². The van der Waals surface area contributed by atoms with Crippen LogP contribution >= 0.6 is 0 Å². The molecule has 2 aliphatic rings. The molecule has 2 aromatic rings. The van der Waals surface area contributed by atoms with Gasteiger partial charge in [0.1, 0.15) is 49.1 Å². The number of fused-ring (bicyclic) bond motifs is 1. The van der Waals surface area contributed by atoms with Crippen molar-refractivity contribution in [2.45, 2.75) is 62.2 Å². The zero-order chi connectivity index (χ0) is 26.0. The van der Waals surface area contributed by atoms with Crippen LogP contribution in [-0.4, -0.2) is 131 Å². The van der Waals surface area contributed by atoms with Gasteiger partial charge in [0.05, 0.1) is 26.1 Å². The molecule has 15 nitrogen and oxygen atoms in total. The van der Waals surface area contributed by atoms with Crippen molar-refractivity contribution in [1.29, 1.82) is 0 Å². The van der Waals surface area contributed by atoms with E-state index in [-0.39, 0.29) is 6.61 Å². The molecule has 8 N–H and O–H groups in total. The quantitative estimate of drug-likeness (QED) is 0.153. The molecule has 15 heteroatoms. The average molecular weight is 514 g/mol. The van der Waals surface area contributed by atoms with Gasteiger partial charge in [0.25, 0.3) is 0 Å². The number of hydrogen-bond donors (Lipinski definition) is 8. The van der Waals surface area contributed by atoms with Gasteiger partial charge in [-0.25, -0.2) is 15.0 Å². The number of imidazole rings is 1. The number of aliphatic hydroxyl groups excluding tert-OH is 7. The fraction of sp³-hybridized carbons (Fsp3) is 0.667. The molecule has 0 amide bonds. The molecule has 4 heterocycles. The highest BCUT2D eigenvalue weighted by molar-refractivity contribution is 5.82. The molecule has 0 bridgehead atoms. The Morgan fingerprint density at radius 1 is 0.972 bits per heavy atom. The molecule has 2 saturated heterocycles. The van der Waals surface area contributed by atoms with Crippen LogP contribution < -0.4 is 5.32 Å². The Morgan fingerprint density at radius 3 is 2.36 bits per heavy atom. The fourth-order valence-electron chi connectivity index (χ4n) is 4.08. The Bertz CT molecular complexity index is 1050. The lowest BCUT2D eigenvalue weighted by molar-refractivity contribution is -0.299. The van der Waals surface area contributed by atoms with E-state index in [1.165, 1.54) is 17.2 Å². The molecule has 0 radical (unpaired) electrons. The van der Waals surface area contributed by atoms with Gasteiger partial charge in [-0.2, -0.15) is 0 Å². The zero-order valence-electron chi connectivity index (χ0n) is 19.4. The van der Waals surface area contributed by atoms with Gasteiger partial charge in [0.15, 0.2) is 29.5 Å². The maximum atomic E-state index is 10.3. The van der Waals surface area contributed by atoms with Gasteiger partial charge in [-0.15, -0.1) is 0 Å². The molecule has 36 heavy (non-hydrogen) atoms. The van der Waals surface area contributed by atoms with Crippen LogP contribution in [0.1, 0.15) is 13.2 Å². The van der Waals surface area contributed by atoms with Crippen LogP contribution in [0.5, 0.6) is 0 Å². The lowest BCUT2D eigenvalue weighted by Gasteiger charge is -2.39. The van der Waals surface area contributed by atoms with Gasteiger partial charge in [0, 0.05) is 6.54 Å². The van der Waals surface area contributed by atoms with E-state index >= 15 is 0 Å². The average Bonchev–Trinajstić information content (AvgIpc) is 3.43. The van der Waals surface area contributed by atoms with Gasteiger partial charge in [-0.05, 0) is 12.5 Å². The predicted molar refractivity (Wildman–Crippen MR) is 120 cm³/mol. The second kappa shape index (κ2) is 11.4. The van der Waals surface area contributed by atoms with Crippen LogP contribution in [0.4, 0.5) is 5.82 Å². The number of aromatic nitrogens is 4.